The van der Waals surface area contributed by atoms with Gasteiger partial charge < -0.3 is 9.67 Å². The molecule has 1 aromatic heterocycles. The first-order chi connectivity index (χ1) is 9.24. The summed E-state index contributed by atoms with van der Waals surface area (Å²) in [4.78, 5) is 4.34. The summed E-state index contributed by atoms with van der Waals surface area (Å²) < 4.78 is 2.02. The van der Waals surface area contributed by atoms with Crippen molar-refractivity contribution >= 4 is 0 Å². The highest BCUT2D eigenvalue weighted by atomic mass is 16.3. The van der Waals surface area contributed by atoms with Crippen LogP contribution in [0.25, 0.3) is 0 Å². The number of aliphatic hydroxyl groups is 1. The van der Waals surface area contributed by atoms with Crippen LogP contribution in [0.5, 0.6) is 0 Å². The molecular formula is C16H26N2O. The SMILES string of the molecule is Cn1ccnc1CC(O)C1CCC2CCCCC2C1. The van der Waals surface area contributed by atoms with E-state index in [4.69, 9.17) is 0 Å². The summed E-state index contributed by atoms with van der Waals surface area (Å²) in [6.45, 7) is 0. The van der Waals surface area contributed by atoms with Crippen LogP contribution in [0.2, 0.25) is 0 Å². The summed E-state index contributed by atoms with van der Waals surface area (Å²) in [5.74, 6) is 3.36. The second-order valence-electron chi connectivity index (χ2n) is 6.60. The molecule has 1 heterocycles. The van der Waals surface area contributed by atoms with E-state index in [1.807, 2.05) is 24.0 Å². The third-order valence-corrected chi connectivity index (χ3v) is 5.44. The molecule has 0 radical (unpaired) electrons. The van der Waals surface area contributed by atoms with Crippen LogP contribution in [0.3, 0.4) is 0 Å². The average molecular weight is 262 g/mol. The van der Waals surface area contributed by atoms with Gasteiger partial charge in [-0.2, -0.15) is 0 Å². The van der Waals surface area contributed by atoms with E-state index in [1.165, 1.54) is 44.9 Å². The Hall–Kier alpha value is -0.830. The average Bonchev–Trinajstić information content (AvgIpc) is 2.84. The van der Waals surface area contributed by atoms with Gasteiger partial charge in [0.05, 0.1) is 6.10 Å². The van der Waals surface area contributed by atoms with Gasteiger partial charge in [0, 0.05) is 25.9 Å². The fourth-order valence-corrected chi connectivity index (χ4v) is 4.21. The van der Waals surface area contributed by atoms with Crippen LogP contribution >= 0.6 is 0 Å². The molecule has 3 rings (SSSR count). The van der Waals surface area contributed by atoms with Crippen LogP contribution in [0.15, 0.2) is 12.4 Å². The number of fused-ring (bicyclic) bond motifs is 1. The van der Waals surface area contributed by atoms with Crippen LogP contribution in [0.4, 0.5) is 0 Å². The van der Waals surface area contributed by atoms with Crippen molar-refractivity contribution in [2.75, 3.05) is 0 Å². The largest absolute Gasteiger partial charge is 0.392 e. The molecule has 0 spiro atoms. The quantitative estimate of drug-likeness (QED) is 0.909. The van der Waals surface area contributed by atoms with E-state index in [1.54, 1.807) is 0 Å². The standard InChI is InChI=1S/C16H26N2O/c1-18-9-8-17-16(18)11-15(19)14-7-6-12-4-2-3-5-13(12)10-14/h8-9,12-15,19H,2-7,10-11H2,1H3. The zero-order valence-electron chi connectivity index (χ0n) is 12.0. The summed E-state index contributed by atoms with van der Waals surface area (Å²) in [7, 11) is 2.01. The van der Waals surface area contributed by atoms with Gasteiger partial charge in [0.15, 0.2) is 0 Å². The van der Waals surface area contributed by atoms with Crippen LogP contribution in [0.1, 0.15) is 50.8 Å². The Bertz CT molecular complexity index is 415. The van der Waals surface area contributed by atoms with E-state index < -0.39 is 0 Å². The molecule has 2 aliphatic rings. The fourth-order valence-electron chi connectivity index (χ4n) is 4.21. The van der Waals surface area contributed by atoms with E-state index in [0.29, 0.717) is 12.3 Å². The van der Waals surface area contributed by atoms with Gasteiger partial charge in [-0.05, 0) is 37.0 Å². The van der Waals surface area contributed by atoms with E-state index in [0.717, 1.165) is 17.7 Å². The number of aryl methyl sites for hydroxylation is 1. The van der Waals surface area contributed by atoms with Crippen LogP contribution < -0.4 is 0 Å². The third-order valence-electron chi connectivity index (χ3n) is 5.44. The molecule has 19 heavy (non-hydrogen) atoms. The van der Waals surface area contributed by atoms with Gasteiger partial charge in [0.1, 0.15) is 5.82 Å². The van der Waals surface area contributed by atoms with Gasteiger partial charge in [-0.25, -0.2) is 4.98 Å². The van der Waals surface area contributed by atoms with Crippen molar-refractivity contribution in [2.45, 2.75) is 57.5 Å². The zero-order valence-corrected chi connectivity index (χ0v) is 12.0. The van der Waals surface area contributed by atoms with Crippen molar-refractivity contribution in [1.29, 1.82) is 0 Å². The van der Waals surface area contributed by atoms with Crippen molar-refractivity contribution in [3.05, 3.63) is 18.2 Å². The summed E-state index contributed by atoms with van der Waals surface area (Å²) in [6.07, 6.45) is 13.8. The maximum Gasteiger partial charge on any atom is 0.110 e. The first kappa shape index (κ1) is 13.2. The molecule has 0 aromatic carbocycles. The summed E-state index contributed by atoms with van der Waals surface area (Å²) in [6, 6.07) is 0. The second kappa shape index (κ2) is 5.66. The predicted octanol–water partition coefficient (Wildman–Crippen LogP) is 2.93. The number of imidazole rings is 1. The number of hydrogen-bond donors (Lipinski definition) is 1. The summed E-state index contributed by atoms with van der Waals surface area (Å²) in [5, 5.41) is 10.5. The second-order valence-corrected chi connectivity index (χ2v) is 6.60. The first-order valence-electron chi connectivity index (χ1n) is 7.88. The van der Waals surface area contributed by atoms with E-state index in [2.05, 4.69) is 4.98 Å². The highest BCUT2D eigenvalue weighted by molar-refractivity contribution is 4.95. The van der Waals surface area contributed by atoms with Gasteiger partial charge >= 0.3 is 0 Å². The minimum Gasteiger partial charge on any atom is -0.392 e. The molecule has 4 unspecified atom stereocenters. The summed E-state index contributed by atoms with van der Waals surface area (Å²) >= 11 is 0. The maximum atomic E-state index is 10.5. The Kier molecular flexibility index (Phi) is 3.92. The molecule has 0 saturated heterocycles. The van der Waals surface area contributed by atoms with Gasteiger partial charge in [0.2, 0.25) is 0 Å². The summed E-state index contributed by atoms with van der Waals surface area (Å²) in [5.41, 5.74) is 0. The fraction of sp³-hybridized carbons (Fsp3) is 0.812. The molecule has 3 nitrogen and oxygen atoms in total. The molecule has 3 heteroatoms. The Morgan fingerprint density at radius 3 is 2.79 bits per heavy atom. The molecule has 106 valence electrons. The van der Waals surface area contributed by atoms with Gasteiger partial charge in [-0.1, -0.05) is 25.7 Å². The smallest absolute Gasteiger partial charge is 0.110 e. The number of hydrogen-bond acceptors (Lipinski definition) is 2. The minimum atomic E-state index is -0.205. The van der Waals surface area contributed by atoms with Crippen LogP contribution in [-0.2, 0) is 13.5 Å². The highest BCUT2D eigenvalue weighted by Crippen LogP contribution is 2.43. The van der Waals surface area contributed by atoms with E-state index in [9.17, 15) is 5.11 Å². The van der Waals surface area contributed by atoms with E-state index in [-0.39, 0.29) is 6.10 Å². The molecule has 0 aliphatic heterocycles. The molecule has 0 amide bonds. The Labute approximate surface area is 116 Å². The minimum absolute atomic E-state index is 0.205. The van der Waals surface area contributed by atoms with Crippen molar-refractivity contribution in [3.63, 3.8) is 0 Å². The monoisotopic (exact) mass is 262 g/mol. The van der Waals surface area contributed by atoms with Gasteiger partial charge in [-0.3, -0.25) is 0 Å². The predicted molar refractivity (Wildman–Crippen MR) is 75.7 cm³/mol. The molecule has 0 bridgehead atoms. The number of rotatable bonds is 3. The molecule has 4 atom stereocenters. The lowest BCUT2D eigenvalue weighted by Gasteiger charge is -2.40. The van der Waals surface area contributed by atoms with Crippen molar-refractivity contribution in [1.82, 2.24) is 9.55 Å². The van der Waals surface area contributed by atoms with Gasteiger partial charge in [-0.15, -0.1) is 0 Å². The molecular weight excluding hydrogens is 236 g/mol. The molecule has 2 fully saturated rings. The van der Waals surface area contributed by atoms with Crippen molar-refractivity contribution < 1.29 is 5.11 Å². The molecule has 2 aliphatic carbocycles. The third kappa shape index (κ3) is 2.86. The Morgan fingerprint density at radius 1 is 1.26 bits per heavy atom. The lowest BCUT2D eigenvalue weighted by molar-refractivity contribution is 0.0347. The van der Waals surface area contributed by atoms with Gasteiger partial charge in [0.25, 0.3) is 0 Å². The van der Waals surface area contributed by atoms with Crippen LogP contribution in [0, 0.1) is 17.8 Å². The topological polar surface area (TPSA) is 38.0 Å². The Morgan fingerprint density at radius 2 is 2.05 bits per heavy atom. The number of aliphatic hydroxyl groups excluding tert-OH is 1. The van der Waals surface area contributed by atoms with Crippen molar-refractivity contribution in [3.8, 4) is 0 Å². The normalized spacial score (nSPS) is 32.8. The first-order valence-corrected chi connectivity index (χ1v) is 7.88. The molecule has 1 aromatic rings. The molecule has 2 saturated carbocycles. The van der Waals surface area contributed by atoms with Crippen LogP contribution in [-0.4, -0.2) is 20.8 Å². The number of nitrogens with zero attached hydrogens (tertiary/aromatic N) is 2. The highest BCUT2D eigenvalue weighted by Gasteiger charge is 2.35. The molecule has 1 N–H and O–H groups in total. The Balaban J connectivity index is 1.58. The van der Waals surface area contributed by atoms with E-state index >= 15 is 0 Å². The number of aromatic nitrogens is 2. The maximum absolute atomic E-state index is 10.5. The lowest BCUT2D eigenvalue weighted by Crippen LogP contribution is -2.34. The van der Waals surface area contributed by atoms with Crippen molar-refractivity contribution in [2.24, 2.45) is 24.8 Å². The zero-order chi connectivity index (χ0) is 13.2. The lowest BCUT2D eigenvalue weighted by atomic mass is 9.66.